The molecular weight excluding hydrogens is 242 g/mol. The molecule has 0 atom stereocenters. The number of hydrogen-bond acceptors (Lipinski definition) is 3. The molecule has 0 saturated heterocycles. The van der Waals surface area contributed by atoms with Gasteiger partial charge < -0.3 is 9.88 Å². The zero-order valence-corrected chi connectivity index (χ0v) is 12.3. The van der Waals surface area contributed by atoms with E-state index in [2.05, 4.69) is 52.6 Å². The minimum atomic E-state index is 0.627. The lowest BCUT2D eigenvalue weighted by atomic mass is 10.2. The standard InChI is InChI=1S/C14H21N3S/c1-10(2)6-17-7-12(4)16-14(17)15-5-13-9-18-8-11(13)3/h7-10H,5-6H2,1-4H3,(H,15,16). The SMILES string of the molecule is Cc1cn(CC(C)C)c(NCc2cscc2C)n1. The Morgan fingerprint density at radius 3 is 2.72 bits per heavy atom. The van der Waals surface area contributed by atoms with Gasteiger partial charge in [0.05, 0.1) is 5.69 Å². The number of hydrogen-bond donors (Lipinski definition) is 1. The highest BCUT2D eigenvalue weighted by atomic mass is 32.1. The van der Waals surface area contributed by atoms with Crippen LogP contribution in [0.25, 0.3) is 0 Å². The molecule has 2 heterocycles. The highest BCUT2D eigenvalue weighted by molar-refractivity contribution is 7.08. The van der Waals surface area contributed by atoms with E-state index in [0.29, 0.717) is 5.92 Å². The van der Waals surface area contributed by atoms with E-state index in [1.54, 1.807) is 11.3 Å². The first-order valence-electron chi connectivity index (χ1n) is 6.35. The lowest BCUT2D eigenvalue weighted by Gasteiger charge is -2.11. The number of anilines is 1. The summed E-state index contributed by atoms with van der Waals surface area (Å²) in [5.41, 5.74) is 3.78. The van der Waals surface area contributed by atoms with Gasteiger partial charge in [0, 0.05) is 19.3 Å². The lowest BCUT2D eigenvalue weighted by Crippen LogP contribution is -2.10. The van der Waals surface area contributed by atoms with E-state index in [4.69, 9.17) is 0 Å². The molecule has 0 amide bonds. The van der Waals surface area contributed by atoms with Gasteiger partial charge in [-0.15, -0.1) is 0 Å². The molecule has 0 saturated carbocycles. The van der Waals surface area contributed by atoms with Gasteiger partial charge in [0.15, 0.2) is 0 Å². The molecule has 0 fully saturated rings. The number of aromatic nitrogens is 2. The van der Waals surface area contributed by atoms with E-state index in [0.717, 1.165) is 24.7 Å². The smallest absolute Gasteiger partial charge is 0.203 e. The summed E-state index contributed by atoms with van der Waals surface area (Å²) in [5, 5.41) is 7.82. The molecule has 0 aromatic carbocycles. The van der Waals surface area contributed by atoms with Gasteiger partial charge in [-0.05, 0) is 41.7 Å². The fourth-order valence-corrected chi connectivity index (χ4v) is 2.82. The van der Waals surface area contributed by atoms with Crippen molar-refractivity contribution in [3.8, 4) is 0 Å². The van der Waals surface area contributed by atoms with Crippen LogP contribution in [0.3, 0.4) is 0 Å². The Morgan fingerprint density at radius 1 is 1.33 bits per heavy atom. The topological polar surface area (TPSA) is 29.9 Å². The molecule has 0 spiro atoms. The van der Waals surface area contributed by atoms with E-state index in [9.17, 15) is 0 Å². The molecule has 0 aliphatic carbocycles. The molecule has 1 N–H and O–H groups in total. The van der Waals surface area contributed by atoms with Crippen molar-refractivity contribution in [1.82, 2.24) is 9.55 Å². The quantitative estimate of drug-likeness (QED) is 0.888. The molecule has 4 heteroatoms. The Kier molecular flexibility index (Phi) is 4.07. The average molecular weight is 263 g/mol. The fraction of sp³-hybridized carbons (Fsp3) is 0.500. The van der Waals surface area contributed by atoms with Crippen LogP contribution in [0.1, 0.15) is 30.7 Å². The van der Waals surface area contributed by atoms with Crippen molar-refractivity contribution in [1.29, 1.82) is 0 Å². The summed E-state index contributed by atoms with van der Waals surface area (Å²) in [4.78, 5) is 4.55. The second-order valence-corrected chi connectivity index (χ2v) is 5.93. The van der Waals surface area contributed by atoms with Crippen molar-refractivity contribution in [2.75, 3.05) is 5.32 Å². The van der Waals surface area contributed by atoms with Crippen LogP contribution >= 0.6 is 11.3 Å². The van der Waals surface area contributed by atoms with Crippen molar-refractivity contribution in [2.45, 2.75) is 40.8 Å². The predicted octanol–water partition coefficient (Wildman–Crippen LogP) is 3.83. The van der Waals surface area contributed by atoms with Crippen LogP contribution in [0, 0.1) is 19.8 Å². The Bertz CT molecular complexity index is 511. The number of nitrogens with one attached hydrogen (secondary N) is 1. The second-order valence-electron chi connectivity index (χ2n) is 5.19. The molecule has 2 rings (SSSR count). The van der Waals surface area contributed by atoms with E-state index < -0.39 is 0 Å². The largest absolute Gasteiger partial charge is 0.352 e. The summed E-state index contributed by atoms with van der Waals surface area (Å²) >= 11 is 1.75. The molecule has 2 aromatic rings. The lowest BCUT2D eigenvalue weighted by molar-refractivity contribution is 0.526. The average Bonchev–Trinajstić information content (AvgIpc) is 2.82. The van der Waals surface area contributed by atoms with Crippen LogP contribution in [0.15, 0.2) is 17.0 Å². The van der Waals surface area contributed by atoms with Gasteiger partial charge in [-0.3, -0.25) is 0 Å². The first-order chi connectivity index (χ1) is 8.56. The van der Waals surface area contributed by atoms with Crippen LogP contribution in [-0.2, 0) is 13.1 Å². The zero-order chi connectivity index (χ0) is 13.1. The van der Waals surface area contributed by atoms with Crippen LogP contribution in [-0.4, -0.2) is 9.55 Å². The maximum absolute atomic E-state index is 4.55. The molecule has 0 aliphatic heterocycles. The molecule has 2 aromatic heterocycles. The molecule has 0 bridgehead atoms. The number of imidazole rings is 1. The zero-order valence-electron chi connectivity index (χ0n) is 11.5. The predicted molar refractivity (Wildman–Crippen MR) is 78.2 cm³/mol. The third kappa shape index (κ3) is 3.13. The Morgan fingerprint density at radius 2 is 2.11 bits per heavy atom. The maximum atomic E-state index is 4.55. The first-order valence-corrected chi connectivity index (χ1v) is 7.30. The Balaban J connectivity index is 2.07. The normalized spacial score (nSPS) is 11.2. The van der Waals surface area contributed by atoms with E-state index in [1.165, 1.54) is 11.1 Å². The molecule has 0 aliphatic rings. The summed E-state index contributed by atoms with van der Waals surface area (Å²) in [7, 11) is 0. The van der Waals surface area contributed by atoms with E-state index >= 15 is 0 Å². The van der Waals surface area contributed by atoms with Gasteiger partial charge in [-0.1, -0.05) is 13.8 Å². The fourth-order valence-electron chi connectivity index (χ4n) is 1.96. The van der Waals surface area contributed by atoms with Gasteiger partial charge in [0.2, 0.25) is 5.95 Å². The van der Waals surface area contributed by atoms with Gasteiger partial charge in [0.1, 0.15) is 0 Å². The highest BCUT2D eigenvalue weighted by Crippen LogP contribution is 2.17. The number of nitrogens with zero attached hydrogens (tertiary/aromatic N) is 2. The van der Waals surface area contributed by atoms with Crippen LogP contribution in [0.4, 0.5) is 5.95 Å². The summed E-state index contributed by atoms with van der Waals surface area (Å²) in [6, 6.07) is 0. The van der Waals surface area contributed by atoms with E-state index in [1.807, 2.05) is 6.92 Å². The summed E-state index contributed by atoms with van der Waals surface area (Å²) in [6.45, 7) is 10.5. The minimum absolute atomic E-state index is 0.627. The van der Waals surface area contributed by atoms with Crippen molar-refractivity contribution >= 4 is 17.3 Å². The molecule has 18 heavy (non-hydrogen) atoms. The van der Waals surface area contributed by atoms with Crippen molar-refractivity contribution in [3.05, 3.63) is 33.8 Å². The monoisotopic (exact) mass is 263 g/mol. The third-order valence-corrected chi connectivity index (χ3v) is 3.77. The molecule has 3 nitrogen and oxygen atoms in total. The van der Waals surface area contributed by atoms with Crippen LogP contribution in [0.5, 0.6) is 0 Å². The van der Waals surface area contributed by atoms with Crippen molar-refractivity contribution < 1.29 is 0 Å². The maximum Gasteiger partial charge on any atom is 0.203 e. The summed E-state index contributed by atoms with van der Waals surface area (Å²) in [5.74, 6) is 1.61. The third-order valence-electron chi connectivity index (χ3n) is 2.86. The second kappa shape index (κ2) is 5.57. The van der Waals surface area contributed by atoms with Crippen LogP contribution in [0.2, 0.25) is 0 Å². The van der Waals surface area contributed by atoms with Crippen molar-refractivity contribution in [3.63, 3.8) is 0 Å². The number of aryl methyl sites for hydroxylation is 2. The van der Waals surface area contributed by atoms with Gasteiger partial charge in [-0.2, -0.15) is 11.3 Å². The summed E-state index contributed by atoms with van der Waals surface area (Å²) in [6.07, 6.45) is 2.11. The Hall–Kier alpha value is -1.29. The Labute approximate surface area is 113 Å². The molecular formula is C14H21N3S. The number of thiophene rings is 1. The van der Waals surface area contributed by atoms with Crippen LogP contribution < -0.4 is 5.32 Å². The number of rotatable bonds is 5. The minimum Gasteiger partial charge on any atom is -0.352 e. The first kappa shape index (κ1) is 13.1. The summed E-state index contributed by atoms with van der Waals surface area (Å²) < 4.78 is 2.21. The van der Waals surface area contributed by atoms with Gasteiger partial charge in [-0.25, -0.2) is 4.98 Å². The van der Waals surface area contributed by atoms with E-state index in [-0.39, 0.29) is 0 Å². The highest BCUT2D eigenvalue weighted by Gasteiger charge is 2.07. The van der Waals surface area contributed by atoms with Crippen molar-refractivity contribution in [2.24, 2.45) is 5.92 Å². The molecule has 0 radical (unpaired) electrons. The molecule has 98 valence electrons. The van der Waals surface area contributed by atoms with Gasteiger partial charge >= 0.3 is 0 Å². The molecule has 0 unspecified atom stereocenters. The van der Waals surface area contributed by atoms with Gasteiger partial charge in [0.25, 0.3) is 0 Å².